The molecular formula is C19H19N3O3S2. The van der Waals surface area contributed by atoms with Crippen molar-refractivity contribution in [3.63, 3.8) is 0 Å². The summed E-state index contributed by atoms with van der Waals surface area (Å²) in [5.41, 5.74) is 3.59. The van der Waals surface area contributed by atoms with Crippen LogP contribution in [0.15, 0.2) is 52.7 Å². The Bertz CT molecular complexity index is 1090. The molecule has 3 aromatic rings. The van der Waals surface area contributed by atoms with E-state index in [4.69, 9.17) is 0 Å². The van der Waals surface area contributed by atoms with Gasteiger partial charge >= 0.3 is 0 Å². The Morgan fingerprint density at radius 1 is 1.04 bits per heavy atom. The summed E-state index contributed by atoms with van der Waals surface area (Å²) in [5.74, 6) is -0.337. The van der Waals surface area contributed by atoms with Gasteiger partial charge in [0.15, 0.2) is 5.13 Å². The molecule has 0 fully saturated rings. The van der Waals surface area contributed by atoms with E-state index in [1.54, 1.807) is 12.1 Å². The minimum absolute atomic E-state index is 0.0880. The molecule has 1 heterocycles. The summed E-state index contributed by atoms with van der Waals surface area (Å²) in [7, 11) is -3.74. The molecule has 1 amide bonds. The summed E-state index contributed by atoms with van der Waals surface area (Å²) < 4.78 is 27.8. The highest BCUT2D eigenvalue weighted by Crippen LogP contribution is 2.22. The van der Waals surface area contributed by atoms with Crippen molar-refractivity contribution < 1.29 is 13.2 Å². The molecule has 140 valence electrons. The second-order valence-corrected chi connectivity index (χ2v) is 8.67. The quantitative estimate of drug-likeness (QED) is 0.673. The van der Waals surface area contributed by atoms with Gasteiger partial charge in [0.2, 0.25) is 0 Å². The maximum atomic E-state index is 12.6. The monoisotopic (exact) mass is 401 g/mol. The summed E-state index contributed by atoms with van der Waals surface area (Å²) in [6.45, 7) is 5.63. The Labute approximate surface area is 162 Å². The molecule has 0 unspecified atom stereocenters. The van der Waals surface area contributed by atoms with E-state index < -0.39 is 10.0 Å². The van der Waals surface area contributed by atoms with E-state index in [1.807, 2.05) is 32.2 Å². The van der Waals surface area contributed by atoms with Crippen molar-refractivity contribution in [3.05, 3.63) is 70.2 Å². The zero-order chi connectivity index (χ0) is 19.6. The van der Waals surface area contributed by atoms with Crippen LogP contribution < -0.4 is 10.0 Å². The fraction of sp³-hybridized carbons (Fsp3) is 0.158. The number of carbonyl (C=O) groups excluding carboxylic acids is 1. The van der Waals surface area contributed by atoms with Gasteiger partial charge in [-0.1, -0.05) is 12.1 Å². The molecule has 0 saturated heterocycles. The molecule has 27 heavy (non-hydrogen) atoms. The Kier molecular flexibility index (Phi) is 5.29. The third-order valence-corrected chi connectivity index (χ3v) is 6.37. The third-order valence-electron chi connectivity index (χ3n) is 4.12. The van der Waals surface area contributed by atoms with Crippen molar-refractivity contribution in [3.8, 4) is 0 Å². The predicted octanol–water partition coefficient (Wildman–Crippen LogP) is 4.12. The van der Waals surface area contributed by atoms with Gasteiger partial charge in [0.25, 0.3) is 15.9 Å². The van der Waals surface area contributed by atoms with E-state index in [0.29, 0.717) is 16.4 Å². The highest BCUT2D eigenvalue weighted by molar-refractivity contribution is 7.92. The first-order valence-electron chi connectivity index (χ1n) is 8.19. The van der Waals surface area contributed by atoms with Crippen LogP contribution in [0.5, 0.6) is 0 Å². The lowest BCUT2D eigenvalue weighted by Gasteiger charge is -2.12. The van der Waals surface area contributed by atoms with Crippen LogP contribution >= 0.6 is 11.3 Å². The van der Waals surface area contributed by atoms with Gasteiger partial charge in [0, 0.05) is 10.9 Å². The number of aromatic nitrogens is 1. The van der Waals surface area contributed by atoms with Gasteiger partial charge in [-0.25, -0.2) is 13.4 Å². The zero-order valence-electron chi connectivity index (χ0n) is 15.1. The molecule has 0 bridgehead atoms. The van der Waals surface area contributed by atoms with E-state index in [0.717, 1.165) is 16.8 Å². The molecule has 6 nitrogen and oxygen atoms in total. The van der Waals surface area contributed by atoms with Crippen LogP contribution in [0.1, 0.15) is 27.2 Å². The molecule has 8 heteroatoms. The minimum atomic E-state index is -3.74. The number of anilines is 2. The lowest BCUT2D eigenvalue weighted by molar-refractivity contribution is 0.102. The van der Waals surface area contributed by atoms with E-state index in [2.05, 4.69) is 15.0 Å². The number of benzene rings is 2. The molecule has 0 aliphatic rings. The van der Waals surface area contributed by atoms with E-state index in [1.165, 1.54) is 35.6 Å². The first-order valence-corrected chi connectivity index (χ1v) is 10.5. The average molecular weight is 402 g/mol. The molecular weight excluding hydrogens is 382 g/mol. The number of hydrogen-bond acceptors (Lipinski definition) is 5. The number of sulfonamides is 1. The minimum Gasteiger partial charge on any atom is -0.298 e. The number of aryl methyl sites for hydroxylation is 2. The summed E-state index contributed by atoms with van der Waals surface area (Å²) in [4.78, 5) is 16.5. The lowest BCUT2D eigenvalue weighted by Crippen LogP contribution is -2.15. The van der Waals surface area contributed by atoms with Crippen molar-refractivity contribution in [1.82, 2.24) is 4.98 Å². The van der Waals surface area contributed by atoms with E-state index in [9.17, 15) is 13.2 Å². The van der Waals surface area contributed by atoms with Crippen molar-refractivity contribution in [2.45, 2.75) is 25.7 Å². The Morgan fingerprint density at radius 2 is 1.74 bits per heavy atom. The van der Waals surface area contributed by atoms with Crippen LogP contribution in [0.3, 0.4) is 0 Å². The third kappa shape index (κ3) is 4.35. The number of nitrogens with zero attached hydrogens (tertiary/aromatic N) is 1. The maximum absolute atomic E-state index is 12.6. The molecule has 0 atom stereocenters. The summed E-state index contributed by atoms with van der Waals surface area (Å²) in [6.07, 6.45) is 0. The van der Waals surface area contributed by atoms with Gasteiger partial charge in [-0.3, -0.25) is 14.8 Å². The number of amides is 1. The van der Waals surface area contributed by atoms with E-state index in [-0.39, 0.29) is 10.8 Å². The van der Waals surface area contributed by atoms with Gasteiger partial charge < -0.3 is 0 Å². The Balaban J connectivity index is 1.77. The molecule has 2 aromatic carbocycles. The topological polar surface area (TPSA) is 88.2 Å². The smallest absolute Gasteiger partial charge is 0.261 e. The number of rotatable bonds is 5. The Morgan fingerprint density at radius 3 is 2.37 bits per heavy atom. The highest BCUT2D eigenvalue weighted by atomic mass is 32.2. The summed E-state index contributed by atoms with van der Waals surface area (Å²) >= 11 is 1.33. The SMILES string of the molecule is Cc1csc(NC(=O)c2ccc(S(=O)(=O)Nc3cccc(C)c3C)cc2)n1. The number of nitrogens with one attached hydrogen (secondary N) is 2. The molecule has 1 aromatic heterocycles. The van der Waals surface area contributed by atoms with Gasteiger partial charge in [0.1, 0.15) is 0 Å². The summed E-state index contributed by atoms with van der Waals surface area (Å²) in [5, 5.41) is 5.04. The van der Waals surface area contributed by atoms with Crippen LogP contribution in [0.4, 0.5) is 10.8 Å². The molecule has 0 aliphatic carbocycles. The van der Waals surface area contributed by atoms with E-state index >= 15 is 0 Å². The number of thiazole rings is 1. The Hall–Kier alpha value is -2.71. The molecule has 2 N–H and O–H groups in total. The van der Waals surface area contributed by atoms with Gasteiger partial charge in [-0.2, -0.15) is 0 Å². The first kappa shape index (κ1) is 19.1. The number of carbonyl (C=O) groups is 1. The predicted molar refractivity (Wildman–Crippen MR) is 108 cm³/mol. The largest absolute Gasteiger partial charge is 0.298 e. The van der Waals surface area contributed by atoms with Crippen LogP contribution in [0.25, 0.3) is 0 Å². The fourth-order valence-electron chi connectivity index (χ4n) is 2.43. The van der Waals surface area contributed by atoms with Crippen LogP contribution in [-0.4, -0.2) is 19.3 Å². The van der Waals surface area contributed by atoms with Crippen LogP contribution in [0, 0.1) is 20.8 Å². The highest BCUT2D eigenvalue weighted by Gasteiger charge is 2.17. The second-order valence-electron chi connectivity index (χ2n) is 6.13. The van der Waals surface area contributed by atoms with Crippen molar-refractivity contribution >= 4 is 38.1 Å². The second kappa shape index (κ2) is 7.50. The lowest BCUT2D eigenvalue weighted by atomic mass is 10.1. The van der Waals surface area contributed by atoms with Gasteiger partial charge in [-0.05, 0) is 62.2 Å². The normalized spacial score (nSPS) is 11.2. The van der Waals surface area contributed by atoms with Crippen LogP contribution in [0.2, 0.25) is 0 Å². The summed E-state index contributed by atoms with van der Waals surface area (Å²) in [6, 6.07) is 11.2. The van der Waals surface area contributed by atoms with Gasteiger partial charge in [-0.15, -0.1) is 11.3 Å². The van der Waals surface area contributed by atoms with Crippen molar-refractivity contribution in [1.29, 1.82) is 0 Å². The molecule has 0 radical (unpaired) electrons. The maximum Gasteiger partial charge on any atom is 0.261 e. The van der Waals surface area contributed by atoms with Crippen LogP contribution in [-0.2, 0) is 10.0 Å². The number of hydrogen-bond donors (Lipinski definition) is 2. The first-order chi connectivity index (χ1) is 12.8. The zero-order valence-corrected chi connectivity index (χ0v) is 16.7. The fourth-order valence-corrected chi connectivity index (χ4v) is 4.24. The molecule has 0 saturated carbocycles. The standard InChI is InChI=1S/C19H19N3O3S2/c1-12-5-4-6-17(14(12)3)22-27(24,25)16-9-7-15(8-10-16)18(23)21-19-20-13(2)11-26-19/h4-11,22H,1-3H3,(H,20,21,23). The average Bonchev–Trinajstić information content (AvgIpc) is 3.04. The molecule has 0 spiro atoms. The molecule has 0 aliphatic heterocycles. The van der Waals surface area contributed by atoms with Gasteiger partial charge in [0.05, 0.1) is 16.3 Å². The van der Waals surface area contributed by atoms with Crippen molar-refractivity contribution in [2.75, 3.05) is 10.0 Å². The van der Waals surface area contributed by atoms with Crippen molar-refractivity contribution in [2.24, 2.45) is 0 Å². The molecule has 3 rings (SSSR count).